The molecule has 0 aromatic heterocycles. The first-order chi connectivity index (χ1) is 16.3. The highest BCUT2D eigenvalue weighted by molar-refractivity contribution is 6.42. The van der Waals surface area contributed by atoms with Crippen molar-refractivity contribution in [1.29, 1.82) is 0 Å². The van der Waals surface area contributed by atoms with Crippen molar-refractivity contribution < 1.29 is 36.7 Å². The zero-order valence-electron chi connectivity index (χ0n) is 18.7. The van der Waals surface area contributed by atoms with Gasteiger partial charge in [-0.15, -0.1) is 0 Å². The molecule has 6 nitrogen and oxygen atoms in total. The van der Waals surface area contributed by atoms with E-state index in [1.165, 1.54) is 43.4 Å². The Morgan fingerprint density at radius 3 is 2.29 bits per heavy atom. The number of carbonyl (C=O) groups excluding carboxylic acids is 3. The molecule has 190 valence electrons. The molecule has 0 N–H and O–H groups in total. The van der Waals surface area contributed by atoms with Gasteiger partial charge in [0.15, 0.2) is 11.6 Å². The lowest BCUT2D eigenvalue weighted by atomic mass is 9.83. The van der Waals surface area contributed by atoms with Gasteiger partial charge >= 0.3 is 12.3 Å². The van der Waals surface area contributed by atoms with Crippen molar-refractivity contribution >= 4 is 41.5 Å². The molecule has 35 heavy (non-hydrogen) atoms. The van der Waals surface area contributed by atoms with Gasteiger partial charge in [-0.3, -0.25) is 9.69 Å². The summed E-state index contributed by atoms with van der Waals surface area (Å²) in [5.74, 6) is -2.46. The average molecular weight is 537 g/mol. The third-order valence-electron chi connectivity index (χ3n) is 5.36. The van der Waals surface area contributed by atoms with E-state index in [4.69, 9.17) is 27.9 Å². The molecule has 2 aromatic carbocycles. The number of hydrogen-bond donors (Lipinski definition) is 0. The Hall–Kier alpha value is -2.85. The average Bonchev–Trinajstić information content (AvgIpc) is 2.78. The van der Waals surface area contributed by atoms with Gasteiger partial charge in [-0.25, -0.2) is 9.18 Å². The second kappa shape index (κ2) is 11.7. The van der Waals surface area contributed by atoms with Crippen LogP contribution in [0.3, 0.4) is 0 Å². The van der Waals surface area contributed by atoms with Gasteiger partial charge in [-0.05, 0) is 36.2 Å². The number of ether oxygens (including phenoxy) is 1. The van der Waals surface area contributed by atoms with E-state index in [0.29, 0.717) is 6.29 Å². The van der Waals surface area contributed by atoms with E-state index in [0.717, 1.165) is 22.9 Å². The summed E-state index contributed by atoms with van der Waals surface area (Å²) in [7, 11) is 2.40. The van der Waals surface area contributed by atoms with E-state index in [9.17, 15) is 31.9 Å². The van der Waals surface area contributed by atoms with Crippen LogP contribution in [0.2, 0.25) is 10.0 Å². The van der Waals surface area contributed by atoms with Crippen LogP contribution in [0.15, 0.2) is 42.5 Å². The van der Waals surface area contributed by atoms with Gasteiger partial charge in [0.25, 0.3) is 0 Å². The number of likely N-dealkylation sites (N-methyl/N-ethyl adjacent to an activating group) is 2. The number of halogens is 6. The maximum atomic E-state index is 14.1. The van der Waals surface area contributed by atoms with Crippen LogP contribution in [0, 0.1) is 5.82 Å². The molecule has 0 heterocycles. The summed E-state index contributed by atoms with van der Waals surface area (Å²) < 4.78 is 57.8. The number of para-hydroxylation sites is 1. The van der Waals surface area contributed by atoms with Crippen molar-refractivity contribution in [1.82, 2.24) is 9.80 Å². The zero-order chi connectivity index (χ0) is 26.4. The third kappa shape index (κ3) is 7.32. The predicted octanol–water partition coefficient (Wildman–Crippen LogP) is 5.85. The van der Waals surface area contributed by atoms with Gasteiger partial charge in [-0.1, -0.05) is 41.4 Å². The fourth-order valence-electron chi connectivity index (χ4n) is 3.52. The van der Waals surface area contributed by atoms with Crippen molar-refractivity contribution in [2.24, 2.45) is 0 Å². The highest BCUT2D eigenvalue weighted by Gasteiger charge is 2.43. The van der Waals surface area contributed by atoms with Crippen molar-refractivity contribution in [3.05, 3.63) is 63.9 Å². The van der Waals surface area contributed by atoms with Crippen molar-refractivity contribution in [2.45, 2.75) is 31.0 Å². The minimum atomic E-state index is -4.75. The number of rotatable bonds is 9. The molecule has 1 atom stereocenters. The molecule has 0 saturated carbocycles. The smallest absolute Gasteiger partial charge is 0.407 e. The lowest BCUT2D eigenvalue weighted by Crippen LogP contribution is -2.55. The molecule has 0 aliphatic rings. The van der Waals surface area contributed by atoms with E-state index in [1.54, 1.807) is 0 Å². The van der Waals surface area contributed by atoms with E-state index < -0.39 is 42.5 Å². The third-order valence-corrected chi connectivity index (χ3v) is 6.10. The van der Waals surface area contributed by atoms with Crippen molar-refractivity contribution in [2.75, 3.05) is 20.6 Å². The zero-order valence-corrected chi connectivity index (χ0v) is 20.3. The summed E-state index contributed by atoms with van der Waals surface area (Å²) in [6.45, 7) is -0.462. The molecule has 0 saturated heterocycles. The summed E-state index contributed by atoms with van der Waals surface area (Å²) in [4.78, 5) is 38.5. The van der Waals surface area contributed by atoms with Crippen molar-refractivity contribution in [3.63, 3.8) is 0 Å². The van der Waals surface area contributed by atoms with E-state index >= 15 is 0 Å². The second-order valence-electron chi connectivity index (χ2n) is 7.76. The maximum Gasteiger partial charge on any atom is 0.415 e. The number of nitrogens with zero attached hydrogens (tertiary/aromatic N) is 2. The Balaban J connectivity index is 2.57. The first kappa shape index (κ1) is 28.4. The van der Waals surface area contributed by atoms with Crippen LogP contribution < -0.4 is 4.74 Å². The Labute approximate surface area is 209 Å². The van der Waals surface area contributed by atoms with Crippen molar-refractivity contribution in [3.8, 4) is 5.75 Å². The summed E-state index contributed by atoms with van der Waals surface area (Å²) >= 11 is 12.2. The Bertz CT molecular complexity index is 1080. The number of aldehydes is 1. The standard InChI is InChI=1S/C23H22Cl2F4N2O4/c1-30(20(33)13-23(27,28)29)14-22(10-5-11-32,15-8-9-16(24)17(25)12-15)31(2)21(34)35-19-7-4-3-6-18(19)26/h3-4,6-9,11-12H,5,10,13-14H2,1-2H3/t22-/m1/s1. The van der Waals surface area contributed by atoms with Gasteiger partial charge in [0.05, 0.1) is 15.6 Å². The van der Waals surface area contributed by atoms with E-state index in [2.05, 4.69) is 0 Å². The molecule has 2 amide bonds. The van der Waals surface area contributed by atoms with Gasteiger partial charge in [0.1, 0.15) is 12.7 Å². The number of carbonyl (C=O) groups is 3. The largest absolute Gasteiger partial charge is 0.415 e. The maximum absolute atomic E-state index is 14.1. The molecular formula is C23H22Cl2F4N2O4. The molecule has 0 bridgehead atoms. The quantitative estimate of drug-likeness (QED) is 0.298. The predicted molar refractivity (Wildman–Crippen MR) is 122 cm³/mol. The normalized spacial score (nSPS) is 13.0. The van der Waals surface area contributed by atoms with Gasteiger partial charge in [0.2, 0.25) is 5.91 Å². The Morgan fingerprint density at radius 2 is 1.71 bits per heavy atom. The highest BCUT2D eigenvalue weighted by atomic mass is 35.5. The summed E-state index contributed by atoms with van der Waals surface area (Å²) in [6.07, 6.45) is -7.27. The molecular weight excluding hydrogens is 515 g/mol. The molecule has 2 aromatic rings. The lowest BCUT2D eigenvalue weighted by molar-refractivity contribution is -0.161. The molecule has 2 rings (SSSR count). The fraction of sp³-hybridized carbons (Fsp3) is 0.348. The number of hydrogen-bond acceptors (Lipinski definition) is 4. The molecule has 0 aliphatic heterocycles. The summed E-state index contributed by atoms with van der Waals surface area (Å²) in [5, 5.41) is 0.234. The number of amides is 2. The van der Waals surface area contributed by atoms with E-state index in [-0.39, 0.29) is 34.2 Å². The monoisotopic (exact) mass is 536 g/mol. The van der Waals surface area contributed by atoms with Crippen LogP contribution in [0.25, 0.3) is 0 Å². The highest BCUT2D eigenvalue weighted by Crippen LogP contribution is 2.38. The van der Waals surface area contributed by atoms with Gasteiger partial charge in [0, 0.05) is 27.1 Å². The Morgan fingerprint density at radius 1 is 1.06 bits per heavy atom. The summed E-state index contributed by atoms with van der Waals surface area (Å²) in [6, 6.07) is 9.37. The van der Waals surface area contributed by atoms with Gasteiger partial charge in [-0.2, -0.15) is 13.2 Å². The topological polar surface area (TPSA) is 66.9 Å². The lowest BCUT2D eigenvalue weighted by Gasteiger charge is -2.44. The Kier molecular flexibility index (Phi) is 9.51. The molecule has 0 radical (unpaired) electrons. The van der Waals surface area contributed by atoms with Crippen LogP contribution in [0.4, 0.5) is 22.4 Å². The summed E-state index contributed by atoms with van der Waals surface area (Å²) in [5.41, 5.74) is -1.32. The first-order valence-corrected chi connectivity index (χ1v) is 11.0. The SMILES string of the molecule is CN(C[C@](CCC=O)(c1ccc(Cl)c(Cl)c1)N(C)C(=O)Oc1ccccc1F)C(=O)CC(F)(F)F. The van der Waals surface area contributed by atoms with Crippen LogP contribution in [0.1, 0.15) is 24.8 Å². The molecule has 0 unspecified atom stereocenters. The molecule has 0 aliphatic carbocycles. The fourth-order valence-corrected chi connectivity index (χ4v) is 3.82. The van der Waals surface area contributed by atoms with Crippen LogP contribution in [0.5, 0.6) is 5.75 Å². The van der Waals surface area contributed by atoms with E-state index in [1.807, 2.05) is 0 Å². The number of benzene rings is 2. The minimum Gasteiger partial charge on any atom is -0.407 e. The molecule has 0 fully saturated rings. The second-order valence-corrected chi connectivity index (χ2v) is 8.58. The first-order valence-electron chi connectivity index (χ1n) is 10.2. The minimum absolute atomic E-state index is 0.0692. The molecule has 0 spiro atoms. The molecule has 12 heteroatoms. The van der Waals surface area contributed by atoms with Gasteiger partial charge < -0.3 is 14.4 Å². The number of alkyl halides is 3. The van der Waals surface area contributed by atoms with Crippen LogP contribution >= 0.6 is 23.2 Å². The van der Waals surface area contributed by atoms with Crippen LogP contribution in [-0.4, -0.2) is 54.9 Å². The van der Waals surface area contributed by atoms with Crippen LogP contribution in [-0.2, 0) is 15.1 Å².